The number of benzene rings is 1. The van der Waals surface area contributed by atoms with E-state index in [9.17, 15) is 0 Å². The molecule has 2 heteroatoms. The fourth-order valence-electron chi connectivity index (χ4n) is 2.33. The van der Waals surface area contributed by atoms with Gasteiger partial charge >= 0.3 is 0 Å². The van der Waals surface area contributed by atoms with Crippen LogP contribution in [-0.2, 0) is 17.6 Å². The van der Waals surface area contributed by atoms with Gasteiger partial charge in [0, 0.05) is 0 Å². The van der Waals surface area contributed by atoms with E-state index in [0.29, 0.717) is 12.7 Å². The van der Waals surface area contributed by atoms with Gasteiger partial charge in [-0.3, -0.25) is 0 Å². The second kappa shape index (κ2) is 7.54. The molecule has 2 rings (SSSR count). The van der Waals surface area contributed by atoms with Gasteiger partial charge in [0.05, 0.1) is 6.61 Å². The summed E-state index contributed by atoms with van der Waals surface area (Å²) in [6.07, 6.45) is 7.61. The topological polar surface area (TPSA) is 21.8 Å². The standard InChI is InChI=1S/C17H26O2/c1-3-5-8-14-9-7-11-17(16(14)10-6-4-2)19-13-15-12-18-15/h7,9,11,15H,3-6,8,10,12-13H2,1-2H3. The van der Waals surface area contributed by atoms with Crippen molar-refractivity contribution in [3.63, 3.8) is 0 Å². The van der Waals surface area contributed by atoms with E-state index >= 15 is 0 Å². The maximum absolute atomic E-state index is 5.95. The SMILES string of the molecule is CCCCc1cccc(OCC2CO2)c1CCCC. The Bertz CT molecular complexity index is 383. The van der Waals surface area contributed by atoms with Crippen molar-refractivity contribution in [2.24, 2.45) is 0 Å². The van der Waals surface area contributed by atoms with E-state index < -0.39 is 0 Å². The molecule has 1 unspecified atom stereocenters. The number of ether oxygens (including phenoxy) is 2. The van der Waals surface area contributed by atoms with E-state index in [1.165, 1.54) is 43.2 Å². The van der Waals surface area contributed by atoms with Crippen LogP contribution in [0.5, 0.6) is 5.75 Å². The van der Waals surface area contributed by atoms with Crippen LogP contribution in [0.2, 0.25) is 0 Å². The Morgan fingerprint density at radius 2 is 1.89 bits per heavy atom. The van der Waals surface area contributed by atoms with Gasteiger partial charge in [0.15, 0.2) is 0 Å². The lowest BCUT2D eigenvalue weighted by Gasteiger charge is -2.15. The highest BCUT2D eigenvalue weighted by molar-refractivity contribution is 5.40. The normalized spacial score (nSPS) is 17.5. The van der Waals surface area contributed by atoms with Gasteiger partial charge in [-0.25, -0.2) is 0 Å². The van der Waals surface area contributed by atoms with Crippen LogP contribution in [0.15, 0.2) is 18.2 Å². The fourth-order valence-corrected chi connectivity index (χ4v) is 2.33. The third kappa shape index (κ3) is 4.54. The zero-order valence-electron chi connectivity index (χ0n) is 12.3. The Morgan fingerprint density at radius 3 is 2.58 bits per heavy atom. The predicted molar refractivity (Wildman–Crippen MR) is 78.9 cm³/mol. The molecule has 0 N–H and O–H groups in total. The number of epoxide rings is 1. The molecule has 1 aliphatic rings. The van der Waals surface area contributed by atoms with Gasteiger partial charge < -0.3 is 9.47 Å². The maximum atomic E-state index is 5.95. The molecule has 1 aromatic rings. The van der Waals surface area contributed by atoms with Crippen molar-refractivity contribution in [3.05, 3.63) is 29.3 Å². The molecule has 2 nitrogen and oxygen atoms in total. The maximum Gasteiger partial charge on any atom is 0.122 e. The lowest BCUT2D eigenvalue weighted by Crippen LogP contribution is -2.07. The van der Waals surface area contributed by atoms with Gasteiger partial charge in [0.2, 0.25) is 0 Å². The van der Waals surface area contributed by atoms with Crippen molar-refractivity contribution in [2.75, 3.05) is 13.2 Å². The molecule has 1 fully saturated rings. The zero-order chi connectivity index (χ0) is 13.5. The van der Waals surface area contributed by atoms with Crippen molar-refractivity contribution in [1.82, 2.24) is 0 Å². The number of hydrogen-bond acceptors (Lipinski definition) is 2. The lowest BCUT2D eigenvalue weighted by atomic mass is 9.97. The highest BCUT2D eigenvalue weighted by Crippen LogP contribution is 2.27. The smallest absolute Gasteiger partial charge is 0.122 e. The van der Waals surface area contributed by atoms with Gasteiger partial charge in [-0.1, -0.05) is 38.8 Å². The van der Waals surface area contributed by atoms with Crippen LogP contribution in [0.1, 0.15) is 50.7 Å². The van der Waals surface area contributed by atoms with Gasteiger partial charge in [0.25, 0.3) is 0 Å². The average Bonchev–Trinajstić information content (AvgIpc) is 3.25. The molecule has 0 spiro atoms. The molecule has 1 atom stereocenters. The minimum Gasteiger partial charge on any atom is -0.490 e. The molecular weight excluding hydrogens is 236 g/mol. The number of rotatable bonds is 9. The second-order valence-electron chi connectivity index (χ2n) is 5.37. The Morgan fingerprint density at radius 1 is 1.16 bits per heavy atom. The zero-order valence-corrected chi connectivity index (χ0v) is 12.3. The molecule has 1 saturated heterocycles. The summed E-state index contributed by atoms with van der Waals surface area (Å²) in [7, 11) is 0. The monoisotopic (exact) mass is 262 g/mol. The van der Waals surface area contributed by atoms with Crippen LogP contribution in [0, 0.1) is 0 Å². The molecule has 0 saturated carbocycles. The van der Waals surface area contributed by atoms with Crippen LogP contribution in [0.4, 0.5) is 0 Å². The molecule has 0 aromatic heterocycles. The summed E-state index contributed by atoms with van der Waals surface area (Å²) in [5.41, 5.74) is 2.91. The molecule has 1 aromatic carbocycles. The molecule has 1 aliphatic heterocycles. The Balaban J connectivity index is 2.07. The average molecular weight is 262 g/mol. The third-order valence-corrected chi connectivity index (χ3v) is 3.64. The van der Waals surface area contributed by atoms with Gasteiger partial charge in [0.1, 0.15) is 18.5 Å². The minimum absolute atomic E-state index is 0.332. The van der Waals surface area contributed by atoms with E-state index in [1.54, 1.807) is 0 Å². The van der Waals surface area contributed by atoms with Crippen LogP contribution >= 0.6 is 0 Å². The molecule has 19 heavy (non-hydrogen) atoms. The first-order chi connectivity index (χ1) is 9.35. The summed E-state index contributed by atoms with van der Waals surface area (Å²) in [6.45, 7) is 6.06. The fraction of sp³-hybridized carbons (Fsp3) is 0.647. The van der Waals surface area contributed by atoms with Crippen LogP contribution in [0.25, 0.3) is 0 Å². The first-order valence-corrected chi connectivity index (χ1v) is 7.70. The molecule has 106 valence electrons. The summed E-state index contributed by atoms with van der Waals surface area (Å²) in [5.74, 6) is 1.08. The van der Waals surface area contributed by atoms with Crippen molar-refractivity contribution < 1.29 is 9.47 Å². The van der Waals surface area contributed by atoms with Gasteiger partial charge in [-0.2, -0.15) is 0 Å². The van der Waals surface area contributed by atoms with Crippen LogP contribution in [-0.4, -0.2) is 19.3 Å². The van der Waals surface area contributed by atoms with E-state index in [1.807, 2.05) is 0 Å². The summed E-state index contributed by atoms with van der Waals surface area (Å²) >= 11 is 0. The number of hydrogen-bond donors (Lipinski definition) is 0. The molecule has 0 aliphatic carbocycles. The van der Waals surface area contributed by atoms with E-state index in [-0.39, 0.29) is 0 Å². The van der Waals surface area contributed by atoms with E-state index in [4.69, 9.17) is 9.47 Å². The van der Waals surface area contributed by atoms with E-state index in [0.717, 1.165) is 18.8 Å². The van der Waals surface area contributed by atoms with Gasteiger partial charge in [-0.05, 0) is 42.9 Å². The molecule has 1 heterocycles. The predicted octanol–water partition coefficient (Wildman–Crippen LogP) is 4.15. The van der Waals surface area contributed by atoms with Gasteiger partial charge in [-0.15, -0.1) is 0 Å². The quantitative estimate of drug-likeness (QED) is 0.624. The molecule has 0 bridgehead atoms. The molecular formula is C17H26O2. The van der Waals surface area contributed by atoms with Crippen LogP contribution in [0.3, 0.4) is 0 Å². The largest absolute Gasteiger partial charge is 0.490 e. The lowest BCUT2D eigenvalue weighted by molar-refractivity contribution is 0.260. The Labute approximate surface area is 117 Å². The summed E-state index contributed by atoms with van der Waals surface area (Å²) in [4.78, 5) is 0. The summed E-state index contributed by atoms with van der Waals surface area (Å²) in [5, 5.41) is 0. The first-order valence-electron chi connectivity index (χ1n) is 7.70. The van der Waals surface area contributed by atoms with Crippen molar-refractivity contribution >= 4 is 0 Å². The summed E-state index contributed by atoms with van der Waals surface area (Å²) < 4.78 is 11.2. The van der Waals surface area contributed by atoms with E-state index in [2.05, 4.69) is 32.0 Å². The summed E-state index contributed by atoms with van der Waals surface area (Å²) in [6, 6.07) is 6.51. The molecule has 0 amide bonds. The minimum atomic E-state index is 0.332. The highest BCUT2D eigenvalue weighted by atomic mass is 16.6. The number of aryl methyl sites for hydroxylation is 1. The van der Waals surface area contributed by atoms with Crippen molar-refractivity contribution in [3.8, 4) is 5.75 Å². The Hall–Kier alpha value is -1.02. The van der Waals surface area contributed by atoms with Crippen molar-refractivity contribution in [2.45, 2.75) is 58.5 Å². The third-order valence-electron chi connectivity index (χ3n) is 3.64. The Kier molecular flexibility index (Phi) is 5.71. The van der Waals surface area contributed by atoms with Crippen LogP contribution < -0.4 is 4.74 Å². The highest BCUT2D eigenvalue weighted by Gasteiger charge is 2.23. The molecule has 0 radical (unpaired) electrons. The number of unbranched alkanes of at least 4 members (excludes halogenated alkanes) is 2. The first kappa shape index (κ1) is 14.4. The van der Waals surface area contributed by atoms with Crippen molar-refractivity contribution in [1.29, 1.82) is 0 Å². The second-order valence-corrected chi connectivity index (χ2v) is 5.37.